The SMILES string of the molecule is CCn1c(N2CCC(Cc3ccccc3)CC2)c(/C=C2\SC(=S)N(Cc3ccccc3)C2=O)c(C)c(C#N)c1=O. The van der Waals surface area contributed by atoms with E-state index in [0.29, 0.717) is 33.8 Å². The molecule has 0 aliphatic carbocycles. The number of benzene rings is 2. The van der Waals surface area contributed by atoms with Gasteiger partial charge in [-0.2, -0.15) is 5.26 Å². The molecule has 2 fully saturated rings. The van der Waals surface area contributed by atoms with Crippen molar-refractivity contribution >= 4 is 46.1 Å². The molecule has 3 aromatic rings. The van der Waals surface area contributed by atoms with E-state index in [2.05, 4.69) is 35.2 Å². The fraction of sp³-hybridized carbons (Fsp3) is 0.312. The molecule has 2 aromatic carbocycles. The van der Waals surface area contributed by atoms with Crippen LogP contribution in [0.2, 0.25) is 0 Å². The van der Waals surface area contributed by atoms with Crippen molar-refractivity contribution in [1.29, 1.82) is 5.26 Å². The van der Waals surface area contributed by atoms with Gasteiger partial charge in [-0.05, 0) is 61.8 Å². The zero-order valence-corrected chi connectivity index (χ0v) is 24.4. The van der Waals surface area contributed by atoms with Crippen molar-refractivity contribution < 1.29 is 4.79 Å². The molecule has 40 heavy (non-hydrogen) atoms. The number of carbonyl (C=O) groups is 1. The number of rotatable bonds is 7. The number of aromatic nitrogens is 1. The van der Waals surface area contributed by atoms with Crippen LogP contribution in [0.1, 0.15) is 47.6 Å². The van der Waals surface area contributed by atoms with Crippen molar-refractivity contribution in [1.82, 2.24) is 9.47 Å². The van der Waals surface area contributed by atoms with Crippen molar-refractivity contribution in [2.75, 3.05) is 18.0 Å². The fourth-order valence-electron chi connectivity index (χ4n) is 5.61. The third kappa shape index (κ3) is 5.63. The zero-order valence-electron chi connectivity index (χ0n) is 22.8. The van der Waals surface area contributed by atoms with Crippen LogP contribution < -0.4 is 10.5 Å². The van der Waals surface area contributed by atoms with Gasteiger partial charge in [0.1, 0.15) is 21.8 Å². The van der Waals surface area contributed by atoms with Crippen LogP contribution >= 0.6 is 24.0 Å². The molecular formula is C32H32N4O2S2. The average molecular weight is 569 g/mol. The number of hydrogen-bond acceptors (Lipinski definition) is 6. The van der Waals surface area contributed by atoms with Crippen molar-refractivity contribution in [3.63, 3.8) is 0 Å². The lowest BCUT2D eigenvalue weighted by molar-refractivity contribution is -0.122. The second-order valence-corrected chi connectivity index (χ2v) is 11.9. The molecule has 0 radical (unpaired) electrons. The quantitative estimate of drug-likeness (QED) is 0.261. The zero-order chi connectivity index (χ0) is 28.2. The minimum atomic E-state index is -0.280. The third-order valence-corrected chi connectivity index (χ3v) is 9.15. The Hall–Kier alpha value is -3.67. The smallest absolute Gasteiger partial charge is 0.270 e. The first kappa shape index (κ1) is 27.9. The van der Waals surface area contributed by atoms with Crippen molar-refractivity contribution in [3.8, 4) is 6.07 Å². The van der Waals surface area contributed by atoms with E-state index in [-0.39, 0.29) is 17.0 Å². The fourth-order valence-corrected chi connectivity index (χ4v) is 6.84. The van der Waals surface area contributed by atoms with Crippen LogP contribution in [0.25, 0.3) is 6.08 Å². The van der Waals surface area contributed by atoms with Crippen LogP contribution in [0.5, 0.6) is 0 Å². The lowest BCUT2D eigenvalue weighted by Gasteiger charge is -2.36. The maximum atomic E-state index is 13.5. The molecule has 0 saturated carbocycles. The highest BCUT2D eigenvalue weighted by molar-refractivity contribution is 8.26. The van der Waals surface area contributed by atoms with Gasteiger partial charge in [-0.1, -0.05) is 84.6 Å². The molecule has 0 unspecified atom stereocenters. The Morgan fingerprint density at radius 1 is 1.02 bits per heavy atom. The van der Waals surface area contributed by atoms with E-state index in [1.807, 2.05) is 56.3 Å². The van der Waals surface area contributed by atoms with E-state index in [0.717, 1.165) is 49.3 Å². The number of anilines is 1. The number of hydrogen-bond donors (Lipinski definition) is 0. The van der Waals surface area contributed by atoms with E-state index >= 15 is 0 Å². The van der Waals surface area contributed by atoms with Crippen LogP contribution in [0.3, 0.4) is 0 Å². The first-order valence-electron chi connectivity index (χ1n) is 13.7. The maximum absolute atomic E-state index is 13.5. The highest BCUT2D eigenvalue weighted by Crippen LogP contribution is 2.37. The van der Waals surface area contributed by atoms with Gasteiger partial charge in [-0.3, -0.25) is 19.1 Å². The lowest BCUT2D eigenvalue weighted by atomic mass is 9.90. The Morgan fingerprint density at radius 2 is 1.65 bits per heavy atom. The number of carbonyl (C=O) groups excluding carboxylic acids is 1. The number of amides is 1. The highest BCUT2D eigenvalue weighted by Gasteiger charge is 2.34. The number of pyridine rings is 1. The van der Waals surface area contributed by atoms with Gasteiger partial charge in [0, 0.05) is 25.2 Å². The van der Waals surface area contributed by atoms with Gasteiger partial charge in [-0.25, -0.2) is 0 Å². The Labute approximate surface area is 244 Å². The molecule has 2 saturated heterocycles. The van der Waals surface area contributed by atoms with Gasteiger partial charge < -0.3 is 4.90 Å². The number of piperidine rings is 1. The summed E-state index contributed by atoms with van der Waals surface area (Å²) in [5, 5.41) is 9.88. The van der Waals surface area contributed by atoms with E-state index in [4.69, 9.17) is 12.2 Å². The number of nitriles is 1. The Bertz CT molecular complexity index is 1550. The largest absolute Gasteiger partial charge is 0.357 e. The van der Waals surface area contributed by atoms with Crippen molar-refractivity contribution in [3.05, 3.63) is 104 Å². The van der Waals surface area contributed by atoms with Crippen LogP contribution in [0.4, 0.5) is 5.82 Å². The van der Waals surface area contributed by atoms with Gasteiger partial charge in [0.15, 0.2) is 0 Å². The topological polar surface area (TPSA) is 69.3 Å². The summed E-state index contributed by atoms with van der Waals surface area (Å²) in [6, 6.07) is 22.5. The van der Waals surface area contributed by atoms with Crippen molar-refractivity contribution in [2.24, 2.45) is 5.92 Å². The molecule has 0 bridgehead atoms. The minimum Gasteiger partial charge on any atom is -0.357 e. The predicted molar refractivity (Wildman–Crippen MR) is 166 cm³/mol. The number of thiocarbonyl (C=S) groups is 1. The van der Waals surface area contributed by atoms with Gasteiger partial charge in [0.05, 0.1) is 11.4 Å². The van der Waals surface area contributed by atoms with E-state index in [9.17, 15) is 14.9 Å². The molecule has 0 spiro atoms. The van der Waals surface area contributed by atoms with Gasteiger partial charge in [0.25, 0.3) is 11.5 Å². The molecular weight excluding hydrogens is 537 g/mol. The molecule has 204 valence electrons. The Morgan fingerprint density at radius 3 is 2.25 bits per heavy atom. The van der Waals surface area contributed by atoms with E-state index in [1.165, 1.54) is 17.3 Å². The predicted octanol–water partition coefficient (Wildman–Crippen LogP) is 5.91. The van der Waals surface area contributed by atoms with Gasteiger partial charge in [0.2, 0.25) is 0 Å². The van der Waals surface area contributed by atoms with Crippen LogP contribution in [0, 0.1) is 24.2 Å². The molecule has 6 nitrogen and oxygen atoms in total. The van der Waals surface area contributed by atoms with Gasteiger partial charge >= 0.3 is 0 Å². The summed E-state index contributed by atoms with van der Waals surface area (Å²) in [4.78, 5) is 31.3. The van der Waals surface area contributed by atoms with Crippen LogP contribution in [0.15, 0.2) is 70.4 Å². The Kier molecular flexibility index (Phi) is 8.53. The summed E-state index contributed by atoms with van der Waals surface area (Å²) >= 11 is 6.87. The summed E-state index contributed by atoms with van der Waals surface area (Å²) in [6.45, 7) is 6.18. The van der Waals surface area contributed by atoms with E-state index < -0.39 is 0 Å². The monoisotopic (exact) mass is 568 g/mol. The maximum Gasteiger partial charge on any atom is 0.270 e. The highest BCUT2D eigenvalue weighted by atomic mass is 32.2. The second kappa shape index (κ2) is 12.2. The summed E-state index contributed by atoms with van der Waals surface area (Å²) in [5.41, 5.74) is 3.54. The van der Waals surface area contributed by atoms with Crippen LogP contribution in [-0.4, -0.2) is 32.8 Å². The molecule has 5 rings (SSSR count). The van der Waals surface area contributed by atoms with E-state index in [1.54, 1.807) is 9.47 Å². The Balaban J connectivity index is 1.48. The first-order valence-corrected chi connectivity index (χ1v) is 14.9. The first-order chi connectivity index (χ1) is 19.4. The summed E-state index contributed by atoms with van der Waals surface area (Å²) < 4.78 is 2.20. The number of thioether (sulfide) groups is 1. The summed E-state index contributed by atoms with van der Waals surface area (Å²) in [5.74, 6) is 1.20. The molecule has 1 aromatic heterocycles. The molecule has 2 aliphatic heterocycles. The lowest BCUT2D eigenvalue weighted by Crippen LogP contribution is -2.39. The number of nitrogens with zero attached hydrogens (tertiary/aromatic N) is 4. The third-order valence-electron chi connectivity index (χ3n) is 7.78. The van der Waals surface area contributed by atoms with Gasteiger partial charge in [-0.15, -0.1) is 0 Å². The summed E-state index contributed by atoms with van der Waals surface area (Å²) in [7, 11) is 0. The second-order valence-electron chi connectivity index (χ2n) is 10.3. The standard InChI is InChI=1S/C32H32N4O2S2/c1-3-35-29(34-16-14-24(15-17-34)18-23-10-6-4-7-11-23)26(22(2)27(20-33)30(35)37)19-28-31(38)36(32(39)40-28)21-25-12-8-5-9-13-25/h4-13,19,24H,3,14-18,21H2,1-2H3/b28-19-. The molecule has 0 N–H and O–H groups in total. The molecule has 1 amide bonds. The minimum absolute atomic E-state index is 0.121. The normalized spacial score (nSPS) is 17.1. The molecule has 2 aliphatic rings. The molecule has 3 heterocycles. The molecule has 8 heteroatoms. The van der Waals surface area contributed by atoms with Crippen molar-refractivity contribution in [2.45, 2.75) is 46.2 Å². The molecule has 0 atom stereocenters. The average Bonchev–Trinajstić information content (AvgIpc) is 3.23. The summed E-state index contributed by atoms with van der Waals surface area (Å²) in [6.07, 6.45) is 4.89. The van der Waals surface area contributed by atoms with Crippen LogP contribution in [-0.2, 0) is 24.3 Å².